The van der Waals surface area contributed by atoms with Crippen LogP contribution >= 0.6 is 0 Å². The van der Waals surface area contributed by atoms with Gasteiger partial charge in [0.15, 0.2) is 0 Å². The fourth-order valence-corrected chi connectivity index (χ4v) is 2.46. The molecule has 2 rings (SSSR count). The van der Waals surface area contributed by atoms with E-state index in [1.807, 2.05) is 24.3 Å². The zero-order chi connectivity index (χ0) is 12.3. The minimum Gasteiger partial charge on any atom is -0.348 e. The Balaban J connectivity index is 2.09. The Morgan fingerprint density at radius 2 is 2.18 bits per heavy atom. The smallest absolute Gasteiger partial charge is 0.251 e. The van der Waals surface area contributed by atoms with Crippen molar-refractivity contribution in [1.29, 1.82) is 0 Å². The van der Waals surface area contributed by atoms with Gasteiger partial charge in [0.05, 0.1) is 0 Å². The molecule has 0 heterocycles. The molecule has 0 bridgehead atoms. The van der Waals surface area contributed by atoms with E-state index < -0.39 is 0 Å². The molecule has 1 aromatic carbocycles. The van der Waals surface area contributed by atoms with E-state index in [0.29, 0.717) is 0 Å². The van der Waals surface area contributed by atoms with Crippen LogP contribution in [0.3, 0.4) is 0 Å². The maximum absolute atomic E-state index is 12.2. The van der Waals surface area contributed by atoms with Gasteiger partial charge in [-0.1, -0.05) is 25.1 Å². The summed E-state index contributed by atoms with van der Waals surface area (Å²) in [4.78, 5) is 12.2. The minimum absolute atomic E-state index is 0.0183. The van der Waals surface area contributed by atoms with Crippen molar-refractivity contribution in [3.63, 3.8) is 0 Å². The lowest BCUT2D eigenvalue weighted by Crippen LogP contribution is -2.44. The highest BCUT2D eigenvalue weighted by Gasteiger charge is 2.25. The lowest BCUT2D eigenvalue weighted by molar-refractivity contribution is 0.0933. The first-order valence-electron chi connectivity index (χ1n) is 6.36. The molecule has 1 amide bonds. The molecule has 0 radical (unpaired) electrons. The second kappa shape index (κ2) is 5.32. The summed E-state index contributed by atoms with van der Waals surface area (Å²) >= 11 is 0. The second-order valence-electron chi connectivity index (χ2n) is 4.69. The summed E-state index contributed by atoms with van der Waals surface area (Å²) in [5.74, 6) is 0.0183. The zero-order valence-corrected chi connectivity index (χ0v) is 10.3. The van der Waals surface area contributed by atoms with E-state index in [9.17, 15) is 4.79 Å². The Morgan fingerprint density at radius 1 is 1.41 bits per heavy atom. The number of hydrogen-bond acceptors (Lipinski definition) is 2. The lowest BCUT2D eigenvalue weighted by atomic mass is 10.0. The largest absolute Gasteiger partial charge is 0.348 e. The Morgan fingerprint density at radius 3 is 2.82 bits per heavy atom. The number of hydrogen-bond donors (Lipinski definition) is 2. The number of aryl methyl sites for hydroxylation is 1. The van der Waals surface area contributed by atoms with Gasteiger partial charge in [-0.25, -0.2) is 0 Å². The predicted octanol–water partition coefficient (Wildman–Crippen LogP) is 1.86. The number of rotatable bonds is 3. The lowest BCUT2D eigenvalue weighted by Gasteiger charge is -2.18. The Hall–Kier alpha value is -1.35. The maximum atomic E-state index is 12.2. The highest BCUT2D eigenvalue weighted by molar-refractivity contribution is 5.95. The van der Waals surface area contributed by atoms with Crippen LogP contribution in [0.1, 0.15) is 42.1 Å². The van der Waals surface area contributed by atoms with Gasteiger partial charge in [0.2, 0.25) is 0 Å². The Labute approximate surface area is 102 Å². The number of nitrogens with one attached hydrogen (secondary N) is 1. The quantitative estimate of drug-likeness (QED) is 0.835. The minimum atomic E-state index is 0.0183. The number of benzene rings is 1. The summed E-state index contributed by atoms with van der Waals surface area (Å²) < 4.78 is 0. The van der Waals surface area contributed by atoms with Crippen LogP contribution in [0.5, 0.6) is 0 Å². The summed E-state index contributed by atoms with van der Waals surface area (Å²) in [6.07, 6.45) is 4.00. The van der Waals surface area contributed by atoms with Crippen LogP contribution in [0.4, 0.5) is 0 Å². The molecule has 0 aliphatic heterocycles. The van der Waals surface area contributed by atoms with Crippen molar-refractivity contribution in [1.82, 2.24) is 5.32 Å². The third kappa shape index (κ3) is 2.67. The van der Waals surface area contributed by atoms with E-state index in [1.54, 1.807) is 0 Å². The van der Waals surface area contributed by atoms with Crippen molar-refractivity contribution in [3.8, 4) is 0 Å². The summed E-state index contributed by atoms with van der Waals surface area (Å²) in [6, 6.07) is 8.03. The van der Waals surface area contributed by atoms with Gasteiger partial charge in [-0.05, 0) is 37.3 Å². The third-order valence-electron chi connectivity index (χ3n) is 3.53. The standard InChI is InChI=1S/C14H20N2O/c1-2-10-6-3-4-7-11(10)14(17)16-13-9-5-8-12(13)15/h3-4,6-7,12-13H,2,5,8-9,15H2,1H3,(H,16,17). The molecule has 1 fully saturated rings. The molecule has 3 N–H and O–H groups in total. The van der Waals surface area contributed by atoms with Crippen LogP contribution in [0.25, 0.3) is 0 Å². The fraction of sp³-hybridized carbons (Fsp3) is 0.500. The molecule has 1 saturated carbocycles. The highest BCUT2D eigenvalue weighted by Crippen LogP contribution is 2.18. The monoisotopic (exact) mass is 232 g/mol. The molecule has 3 nitrogen and oxygen atoms in total. The first-order chi connectivity index (χ1) is 8.22. The molecule has 3 heteroatoms. The summed E-state index contributed by atoms with van der Waals surface area (Å²) in [5, 5.41) is 3.06. The number of carbonyl (C=O) groups is 1. The molecular weight excluding hydrogens is 212 g/mol. The summed E-state index contributed by atoms with van der Waals surface area (Å²) in [6.45, 7) is 2.06. The van der Waals surface area contributed by atoms with E-state index >= 15 is 0 Å². The second-order valence-corrected chi connectivity index (χ2v) is 4.69. The van der Waals surface area contributed by atoms with E-state index in [4.69, 9.17) is 5.73 Å². The van der Waals surface area contributed by atoms with Crippen LogP contribution in [-0.4, -0.2) is 18.0 Å². The Bertz CT molecular complexity index is 403. The van der Waals surface area contributed by atoms with E-state index in [-0.39, 0.29) is 18.0 Å². The Kier molecular flexibility index (Phi) is 3.79. The van der Waals surface area contributed by atoms with E-state index in [1.165, 1.54) is 0 Å². The predicted molar refractivity (Wildman–Crippen MR) is 68.9 cm³/mol. The molecule has 92 valence electrons. The molecule has 0 spiro atoms. The maximum Gasteiger partial charge on any atom is 0.251 e. The molecule has 17 heavy (non-hydrogen) atoms. The number of amides is 1. The molecule has 0 saturated heterocycles. The highest BCUT2D eigenvalue weighted by atomic mass is 16.1. The summed E-state index contributed by atoms with van der Waals surface area (Å²) in [7, 11) is 0. The van der Waals surface area contributed by atoms with Crippen molar-refractivity contribution in [2.75, 3.05) is 0 Å². The average Bonchev–Trinajstić information content (AvgIpc) is 2.75. The first kappa shape index (κ1) is 12.1. The van der Waals surface area contributed by atoms with Crippen LogP contribution in [0.15, 0.2) is 24.3 Å². The number of carbonyl (C=O) groups excluding carboxylic acids is 1. The molecule has 1 aliphatic rings. The van der Waals surface area contributed by atoms with Crippen molar-refractivity contribution < 1.29 is 4.79 Å². The summed E-state index contributed by atoms with van der Waals surface area (Å²) in [5.41, 5.74) is 7.84. The van der Waals surface area contributed by atoms with Gasteiger partial charge in [0.1, 0.15) is 0 Å². The van der Waals surface area contributed by atoms with Crippen molar-refractivity contribution in [2.45, 2.75) is 44.7 Å². The van der Waals surface area contributed by atoms with Crippen molar-refractivity contribution in [3.05, 3.63) is 35.4 Å². The first-order valence-corrected chi connectivity index (χ1v) is 6.36. The van der Waals surface area contributed by atoms with Crippen molar-refractivity contribution >= 4 is 5.91 Å². The van der Waals surface area contributed by atoms with Crippen LogP contribution < -0.4 is 11.1 Å². The van der Waals surface area contributed by atoms with Gasteiger partial charge >= 0.3 is 0 Å². The average molecular weight is 232 g/mol. The molecule has 2 atom stereocenters. The van der Waals surface area contributed by atoms with Gasteiger partial charge in [0, 0.05) is 17.6 Å². The fourth-order valence-electron chi connectivity index (χ4n) is 2.46. The van der Waals surface area contributed by atoms with Gasteiger partial charge in [-0.3, -0.25) is 4.79 Å². The van der Waals surface area contributed by atoms with E-state index in [2.05, 4.69) is 12.2 Å². The van der Waals surface area contributed by atoms with Gasteiger partial charge in [0.25, 0.3) is 5.91 Å². The van der Waals surface area contributed by atoms with Crippen LogP contribution in [-0.2, 0) is 6.42 Å². The molecule has 1 aliphatic carbocycles. The van der Waals surface area contributed by atoms with Gasteiger partial charge in [-0.15, -0.1) is 0 Å². The van der Waals surface area contributed by atoms with Crippen LogP contribution in [0, 0.1) is 0 Å². The number of nitrogens with two attached hydrogens (primary N) is 1. The van der Waals surface area contributed by atoms with Crippen molar-refractivity contribution in [2.24, 2.45) is 5.73 Å². The third-order valence-corrected chi connectivity index (χ3v) is 3.53. The zero-order valence-electron chi connectivity index (χ0n) is 10.3. The topological polar surface area (TPSA) is 55.1 Å². The van der Waals surface area contributed by atoms with Gasteiger partial charge in [-0.2, -0.15) is 0 Å². The molecular formula is C14H20N2O. The van der Waals surface area contributed by atoms with Gasteiger partial charge < -0.3 is 11.1 Å². The SMILES string of the molecule is CCc1ccccc1C(=O)NC1CCCC1N. The molecule has 2 unspecified atom stereocenters. The van der Waals surface area contributed by atoms with E-state index in [0.717, 1.165) is 36.8 Å². The molecule has 0 aromatic heterocycles. The molecule has 1 aromatic rings. The van der Waals surface area contributed by atoms with Crippen LogP contribution in [0.2, 0.25) is 0 Å². The normalized spacial score (nSPS) is 23.6.